The van der Waals surface area contributed by atoms with Crippen LogP contribution in [0.15, 0.2) is 70.1 Å². The molecule has 0 radical (unpaired) electrons. The van der Waals surface area contributed by atoms with Gasteiger partial charge in [0.1, 0.15) is 0 Å². The summed E-state index contributed by atoms with van der Waals surface area (Å²) in [5, 5.41) is 12.3. The monoisotopic (exact) mass is 429 g/mol. The molecule has 1 aliphatic carbocycles. The van der Waals surface area contributed by atoms with Crippen LogP contribution < -0.4 is 5.32 Å². The summed E-state index contributed by atoms with van der Waals surface area (Å²) in [4.78, 5) is 18.0. The Morgan fingerprint density at radius 3 is 2.81 bits per heavy atom. The number of fused-ring (bicyclic) bond motifs is 1. The molecule has 3 heterocycles. The molecular weight excluding hydrogens is 398 g/mol. The number of aromatic nitrogens is 2. The number of nitrogens with zero attached hydrogens (tertiary/aromatic N) is 4. The molecule has 6 nitrogen and oxygen atoms in total. The first kappa shape index (κ1) is 20.9. The van der Waals surface area contributed by atoms with Crippen LogP contribution in [0.25, 0.3) is 11.3 Å². The number of azo groups is 1. The molecule has 2 atom stereocenters. The third-order valence-electron chi connectivity index (χ3n) is 7.18. The van der Waals surface area contributed by atoms with Gasteiger partial charge in [-0.15, -0.1) is 0 Å². The lowest BCUT2D eigenvalue weighted by atomic mass is 9.58. The van der Waals surface area contributed by atoms with Crippen molar-refractivity contribution in [2.75, 3.05) is 0 Å². The molecule has 1 aromatic heterocycles. The van der Waals surface area contributed by atoms with Crippen LogP contribution in [0.5, 0.6) is 0 Å². The van der Waals surface area contributed by atoms with Crippen molar-refractivity contribution in [3.8, 4) is 11.3 Å². The van der Waals surface area contributed by atoms with E-state index in [9.17, 15) is 4.79 Å². The summed E-state index contributed by atoms with van der Waals surface area (Å²) in [5.41, 5.74) is 5.73. The maximum Gasteiger partial charge on any atom is 0.164 e. The molecule has 2 aromatic rings. The molecule has 1 aromatic carbocycles. The first-order valence-electron chi connectivity index (χ1n) is 11.5. The number of ketones is 1. The van der Waals surface area contributed by atoms with Gasteiger partial charge in [0.05, 0.1) is 29.8 Å². The van der Waals surface area contributed by atoms with Gasteiger partial charge in [-0.3, -0.25) is 4.79 Å². The number of allylic oxidation sites excluding steroid dienone is 2. The van der Waals surface area contributed by atoms with Crippen LogP contribution in [0.3, 0.4) is 0 Å². The number of hydrogen-bond donors (Lipinski definition) is 1. The molecule has 3 aliphatic rings. The minimum absolute atomic E-state index is 0.0645. The summed E-state index contributed by atoms with van der Waals surface area (Å²) in [6.07, 6.45) is 7.63. The van der Waals surface area contributed by atoms with Crippen LogP contribution in [0.2, 0.25) is 0 Å². The first-order chi connectivity index (χ1) is 15.3. The summed E-state index contributed by atoms with van der Waals surface area (Å²) in [7, 11) is 0. The molecule has 0 spiro atoms. The lowest BCUT2D eigenvalue weighted by molar-refractivity contribution is -0.119. The van der Waals surface area contributed by atoms with E-state index in [0.717, 1.165) is 46.5 Å². The SMILES string of the molecule is CCC1(c2cccc(-c3cncn3C(C)C)c2)C2=CN=NC2NC2=C1C(=O)CC(C)(C)C2. The molecule has 0 fully saturated rings. The van der Waals surface area contributed by atoms with Crippen molar-refractivity contribution in [1.82, 2.24) is 14.9 Å². The molecule has 0 amide bonds. The van der Waals surface area contributed by atoms with Gasteiger partial charge in [-0.05, 0) is 43.7 Å². The number of carbonyl (C=O) groups excluding carboxylic acids is 1. The maximum atomic E-state index is 13.6. The largest absolute Gasteiger partial charge is 0.362 e. The molecule has 32 heavy (non-hydrogen) atoms. The number of imidazole rings is 1. The molecule has 2 unspecified atom stereocenters. The molecular formula is C26H31N5O. The van der Waals surface area contributed by atoms with Crippen LogP contribution >= 0.6 is 0 Å². The highest BCUT2D eigenvalue weighted by molar-refractivity contribution is 6.01. The van der Waals surface area contributed by atoms with E-state index >= 15 is 0 Å². The van der Waals surface area contributed by atoms with Crippen molar-refractivity contribution in [2.24, 2.45) is 15.6 Å². The van der Waals surface area contributed by atoms with E-state index in [2.05, 4.69) is 84.0 Å². The zero-order chi connectivity index (χ0) is 22.7. The fourth-order valence-electron chi connectivity index (χ4n) is 5.77. The molecule has 2 aliphatic heterocycles. The first-order valence-corrected chi connectivity index (χ1v) is 11.5. The zero-order valence-corrected chi connectivity index (χ0v) is 19.5. The topological polar surface area (TPSA) is 71.6 Å². The van der Waals surface area contributed by atoms with Crippen molar-refractivity contribution in [3.63, 3.8) is 0 Å². The smallest absolute Gasteiger partial charge is 0.164 e. The van der Waals surface area contributed by atoms with Gasteiger partial charge in [0, 0.05) is 34.9 Å². The van der Waals surface area contributed by atoms with Crippen LogP contribution in [-0.4, -0.2) is 21.5 Å². The summed E-state index contributed by atoms with van der Waals surface area (Å²) < 4.78 is 2.18. The van der Waals surface area contributed by atoms with E-state index in [1.807, 2.05) is 18.7 Å². The van der Waals surface area contributed by atoms with Gasteiger partial charge in [0.2, 0.25) is 0 Å². The normalized spacial score (nSPS) is 26.1. The van der Waals surface area contributed by atoms with E-state index in [0.29, 0.717) is 12.5 Å². The number of Topliss-reactive ketones (excluding diaryl/α,β-unsaturated/α-hetero) is 1. The molecule has 6 heteroatoms. The number of carbonyl (C=O) groups is 1. The summed E-state index contributed by atoms with van der Waals surface area (Å²) >= 11 is 0. The molecule has 0 saturated carbocycles. The fraction of sp³-hybridized carbons (Fsp3) is 0.462. The molecule has 166 valence electrons. The molecule has 0 bridgehead atoms. The Hall–Kier alpha value is -3.02. The lowest BCUT2D eigenvalue weighted by Crippen LogP contribution is -2.51. The van der Waals surface area contributed by atoms with Gasteiger partial charge >= 0.3 is 0 Å². The van der Waals surface area contributed by atoms with Gasteiger partial charge in [-0.25, -0.2) is 4.98 Å². The average molecular weight is 430 g/mol. The van der Waals surface area contributed by atoms with E-state index in [-0.39, 0.29) is 17.4 Å². The Kier molecular flexibility index (Phi) is 4.73. The average Bonchev–Trinajstić information content (AvgIpc) is 3.41. The zero-order valence-electron chi connectivity index (χ0n) is 19.5. The molecule has 0 saturated heterocycles. The van der Waals surface area contributed by atoms with Crippen LogP contribution in [-0.2, 0) is 10.2 Å². The van der Waals surface area contributed by atoms with Crippen molar-refractivity contribution in [3.05, 3.63) is 65.4 Å². The predicted octanol–water partition coefficient (Wildman–Crippen LogP) is 5.70. The standard InChI is InChI=1S/C26H31N5O/c1-6-26(18-9-7-8-17(10-18)21-14-27-15-31(21)16(2)3)19-13-28-30-24(19)29-20-11-25(4,5)12-22(32)23(20)26/h7-10,13-16,24,29H,6,11-12H2,1-5H3. The third kappa shape index (κ3) is 2.99. The van der Waals surface area contributed by atoms with Crippen molar-refractivity contribution < 1.29 is 4.79 Å². The minimum Gasteiger partial charge on any atom is -0.362 e. The summed E-state index contributed by atoms with van der Waals surface area (Å²) in [5.74, 6) is 0.231. The molecule has 5 rings (SSSR count). The Labute approximate surface area is 189 Å². The Bertz CT molecular complexity index is 1180. The second-order valence-electron chi connectivity index (χ2n) is 10.3. The number of nitrogens with one attached hydrogen (secondary N) is 1. The highest BCUT2D eigenvalue weighted by atomic mass is 16.1. The Balaban J connectivity index is 1.73. The highest BCUT2D eigenvalue weighted by Crippen LogP contribution is 2.54. The van der Waals surface area contributed by atoms with Gasteiger partial charge < -0.3 is 9.88 Å². The quantitative estimate of drug-likeness (QED) is 0.677. The van der Waals surface area contributed by atoms with Crippen LogP contribution in [0, 0.1) is 5.41 Å². The lowest BCUT2D eigenvalue weighted by Gasteiger charge is -2.47. The van der Waals surface area contributed by atoms with E-state index < -0.39 is 5.41 Å². The molecule has 1 N–H and O–H groups in total. The Morgan fingerprint density at radius 1 is 1.25 bits per heavy atom. The predicted molar refractivity (Wildman–Crippen MR) is 125 cm³/mol. The van der Waals surface area contributed by atoms with Gasteiger partial charge in [0.15, 0.2) is 11.9 Å². The second-order valence-corrected chi connectivity index (χ2v) is 10.3. The number of rotatable bonds is 4. The summed E-state index contributed by atoms with van der Waals surface area (Å²) in [6.45, 7) is 10.8. The highest BCUT2D eigenvalue weighted by Gasteiger charge is 2.53. The van der Waals surface area contributed by atoms with Crippen molar-refractivity contribution in [1.29, 1.82) is 0 Å². The third-order valence-corrected chi connectivity index (χ3v) is 7.18. The van der Waals surface area contributed by atoms with Crippen LogP contribution in [0.4, 0.5) is 0 Å². The van der Waals surface area contributed by atoms with E-state index in [1.165, 1.54) is 0 Å². The number of benzene rings is 1. The van der Waals surface area contributed by atoms with Gasteiger partial charge in [0.25, 0.3) is 0 Å². The number of hydrogen-bond acceptors (Lipinski definition) is 5. The second kappa shape index (κ2) is 7.26. The summed E-state index contributed by atoms with van der Waals surface area (Å²) in [6, 6.07) is 8.92. The van der Waals surface area contributed by atoms with E-state index in [4.69, 9.17) is 0 Å². The van der Waals surface area contributed by atoms with Gasteiger partial charge in [-0.2, -0.15) is 10.2 Å². The minimum atomic E-state index is -0.527. The van der Waals surface area contributed by atoms with Crippen LogP contribution in [0.1, 0.15) is 65.5 Å². The maximum absolute atomic E-state index is 13.6. The van der Waals surface area contributed by atoms with Crippen molar-refractivity contribution >= 4 is 5.78 Å². The van der Waals surface area contributed by atoms with E-state index in [1.54, 1.807) is 0 Å². The van der Waals surface area contributed by atoms with Crippen molar-refractivity contribution in [2.45, 2.75) is 71.5 Å². The Morgan fingerprint density at radius 2 is 2.06 bits per heavy atom. The van der Waals surface area contributed by atoms with Gasteiger partial charge in [-0.1, -0.05) is 39.0 Å². The fourth-order valence-corrected chi connectivity index (χ4v) is 5.77.